The lowest BCUT2D eigenvalue weighted by atomic mass is 10.1. The van der Waals surface area contributed by atoms with Crippen LogP contribution < -0.4 is 11.1 Å². The second-order valence-corrected chi connectivity index (χ2v) is 4.39. The van der Waals surface area contributed by atoms with Gasteiger partial charge >= 0.3 is 0 Å². The highest BCUT2D eigenvalue weighted by Crippen LogP contribution is 2.19. The quantitative estimate of drug-likeness (QED) is 0.625. The zero-order valence-electron chi connectivity index (χ0n) is 11.0. The van der Waals surface area contributed by atoms with Gasteiger partial charge in [-0.2, -0.15) is 0 Å². The van der Waals surface area contributed by atoms with Crippen molar-refractivity contribution >= 4 is 5.91 Å². The molecule has 0 fully saturated rings. The van der Waals surface area contributed by atoms with Crippen molar-refractivity contribution in [3.8, 4) is 0 Å². The number of nitrogens with one attached hydrogen (secondary N) is 1. The number of rotatable bonds is 6. The molecule has 0 bridgehead atoms. The fourth-order valence-corrected chi connectivity index (χ4v) is 1.73. The van der Waals surface area contributed by atoms with Crippen molar-refractivity contribution in [2.75, 3.05) is 6.54 Å². The van der Waals surface area contributed by atoms with Gasteiger partial charge in [-0.25, -0.2) is 17.6 Å². The van der Waals surface area contributed by atoms with Gasteiger partial charge in [0.1, 0.15) is 5.56 Å². The Labute approximate surface area is 114 Å². The van der Waals surface area contributed by atoms with Crippen LogP contribution in [0.25, 0.3) is 0 Å². The van der Waals surface area contributed by atoms with E-state index < -0.39 is 40.8 Å². The zero-order valence-corrected chi connectivity index (χ0v) is 11.0. The molecule has 3 N–H and O–H groups in total. The minimum atomic E-state index is -1.72. The molecule has 0 aromatic heterocycles. The minimum absolute atomic E-state index is 0.0545. The number of benzene rings is 1. The Morgan fingerprint density at radius 1 is 1.25 bits per heavy atom. The number of hydrogen-bond donors (Lipinski definition) is 2. The summed E-state index contributed by atoms with van der Waals surface area (Å²) in [5.74, 6) is -7.89. The first-order valence-electron chi connectivity index (χ1n) is 6.26. The maximum absolute atomic E-state index is 13.4. The fraction of sp³-hybridized carbons (Fsp3) is 0.462. The molecule has 0 saturated carbocycles. The third kappa shape index (κ3) is 3.69. The molecule has 0 heterocycles. The Hall–Kier alpha value is -1.63. The lowest BCUT2D eigenvalue weighted by Crippen LogP contribution is -2.41. The highest BCUT2D eigenvalue weighted by atomic mass is 19.2. The van der Waals surface area contributed by atoms with Crippen molar-refractivity contribution in [1.82, 2.24) is 5.32 Å². The Morgan fingerprint density at radius 2 is 1.80 bits per heavy atom. The standard InChI is InChI=1S/C13H16F4N2O/c1-2-3-4-7(6-18)19-13(20)10-11(16)8(14)5-9(15)12(10)17/h5,7H,2-4,6,18H2,1H3,(H,19,20). The van der Waals surface area contributed by atoms with Crippen LogP contribution in [0.3, 0.4) is 0 Å². The molecule has 0 saturated heterocycles. The van der Waals surface area contributed by atoms with Crippen molar-refractivity contribution in [3.63, 3.8) is 0 Å². The van der Waals surface area contributed by atoms with Gasteiger partial charge in [0.15, 0.2) is 23.3 Å². The molecule has 0 radical (unpaired) electrons. The number of amides is 1. The van der Waals surface area contributed by atoms with Crippen molar-refractivity contribution < 1.29 is 22.4 Å². The Bertz CT molecular complexity index is 467. The Kier molecular flexibility index (Phi) is 5.94. The Balaban J connectivity index is 2.97. The Morgan fingerprint density at radius 3 is 2.25 bits per heavy atom. The predicted octanol–water partition coefficient (Wildman–Crippen LogP) is 2.49. The molecule has 0 aliphatic heterocycles. The van der Waals surface area contributed by atoms with E-state index in [2.05, 4.69) is 5.32 Å². The van der Waals surface area contributed by atoms with Gasteiger partial charge in [0.25, 0.3) is 5.91 Å². The van der Waals surface area contributed by atoms with Gasteiger partial charge in [-0.05, 0) is 6.42 Å². The van der Waals surface area contributed by atoms with Crippen LogP contribution in [-0.2, 0) is 0 Å². The fourth-order valence-electron chi connectivity index (χ4n) is 1.73. The van der Waals surface area contributed by atoms with Gasteiger partial charge in [0.2, 0.25) is 0 Å². The van der Waals surface area contributed by atoms with Crippen LogP contribution in [-0.4, -0.2) is 18.5 Å². The molecule has 112 valence electrons. The molecule has 0 aliphatic carbocycles. The molecule has 1 aromatic rings. The molecular weight excluding hydrogens is 276 g/mol. The summed E-state index contributed by atoms with van der Waals surface area (Å²) in [4.78, 5) is 11.7. The van der Waals surface area contributed by atoms with E-state index >= 15 is 0 Å². The second-order valence-electron chi connectivity index (χ2n) is 4.39. The van der Waals surface area contributed by atoms with Crippen LogP contribution >= 0.6 is 0 Å². The molecule has 20 heavy (non-hydrogen) atoms. The van der Waals surface area contributed by atoms with E-state index in [1.165, 1.54) is 0 Å². The summed E-state index contributed by atoms with van der Waals surface area (Å²) < 4.78 is 52.9. The van der Waals surface area contributed by atoms with Crippen LogP contribution in [0.15, 0.2) is 6.07 Å². The summed E-state index contributed by atoms with van der Waals surface area (Å²) in [7, 11) is 0. The van der Waals surface area contributed by atoms with Crippen LogP contribution in [0.5, 0.6) is 0 Å². The van der Waals surface area contributed by atoms with E-state index in [4.69, 9.17) is 5.73 Å². The maximum atomic E-state index is 13.4. The number of halogens is 4. The van der Waals surface area contributed by atoms with Gasteiger partial charge in [-0.3, -0.25) is 4.79 Å². The topological polar surface area (TPSA) is 55.1 Å². The third-order valence-electron chi connectivity index (χ3n) is 2.86. The molecule has 1 rings (SSSR count). The van der Waals surface area contributed by atoms with Crippen LogP contribution in [0.2, 0.25) is 0 Å². The highest BCUT2D eigenvalue weighted by Gasteiger charge is 2.25. The first kappa shape index (κ1) is 16.4. The minimum Gasteiger partial charge on any atom is -0.348 e. The SMILES string of the molecule is CCCCC(CN)NC(=O)c1c(F)c(F)cc(F)c1F. The van der Waals surface area contributed by atoms with E-state index in [0.717, 1.165) is 12.8 Å². The van der Waals surface area contributed by atoms with Crippen molar-refractivity contribution in [2.24, 2.45) is 5.73 Å². The number of carbonyl (C=O) groups is 1. The van der Waals surface area contributed by atoms with Crippen molar-refractivity contribution in [3.05, 3.63) is 34.9 Å². The van der Waals surface area contributed by atoms with E-state index in [0.29, 0.717) is 6.42 Å². The third-order valence-corrected chi connectivity index (χ3v) is 2.86. The molecule has 1 aromatic carbocycles. The highest BCUT2D eigenvalue weighted by molar-refractivity contribution is 5.95. The van der Waals surface area contributed by atoms with Gasteiger partial charge in [0, 0.05) is 18.7 Å². The molecule has 1 unspecified atom stereocenters. The molecule has 0 spiro atoms. The van der Waals surface area contributed by atoms with E-state index in [9.17, 15) is 22.4 Å². The first-order valence-corrected chi connectivity index (χ1v) is 6.26. The van der Waals surface area contributed by atoms with E-state index in [-0.39, 0.29) is 12.6 Å². The summed E-state index contributed by atoms with van der Waals surface area (Å²) in [6, 6.07) is -0.452. The van der Waals surface area contributed by atoms with Crippen LogP contribution in [0, 0.1) is 23.3 Å². The van der Waals surface area contributed by atoms with Gasteiger partial charge in [0.05, 0.1) is 0 Å². The van der Waals surface area contributed by atoms with E-state index in [1.54, 1.807) is 0 Å². The summed E-state index contributed by atoms with van der Waals surface area (Å²) in [5, 5.41) is 2.28. The van der Waals surface area contributed by atoms with Gasteiger partial charge < -0.3 is 11.1 Å². The number of nitrogens with two attached hydrogens (primary N) is 1. The molecule has 3 nitrogen and oxygen atoms in total. The average Bonchev–Trinajstić information content (AvgIpc) is 2.41. The van der Waals surface area contributed by atoms with Crippen molar-refractivity contribution in [1.29, 1.82) is 0 Å². The molecule has 1 amide bonds. The number of hydrogen-bond acceptors (Lipinski definition) is 2. The summed E-state index contributed by atoms with van der Waals surface area (Å²) >= 11 is 0. The zero-order chi connectivity index (χ0) is 15.3. The first-order chi connectivity index (χ1) is 9.42. The summed E-state index contributed by atoms with van der Waals surface area (Å²) in [6.45, 7) is 1.99. The molecular formula is C13H16F4N2O. The normalized spacial score (nSPS) is 12.3. The van der Waals surface area contributed by atoms with Gasteiger partial charge in [-0.15, -0.1) is 0 Å². The summed E-state index contributed by atoms with van der Waals surface area (Å²) in [5.41, 5.74) is 4.16. The predicted molar refractivity (Wildman–Crippen MR) is 66.1 cm³/mol. The van der Waals surface area contributed by atoms with Crippen molar-refractivity contribution in [2.45, 2.75) is 32.2 Å². The average molecular weight is 292 g/mol. The maximum Gasteiger partial charge on any atom is 0.257 e. The monoisotopic (exact) mass is 292 g/mol. The largest absolute Gasteiger partial charge is 0.348 e. The molecule has 1 atom stereocenters. The lowest BCUT2D eigenvalue weighted by Gasteiger charge is -2.17. The lowest BCUT2D eigenvalue weighted by molar-refractivity contribution is 0.0924. The number of carbonyl (C=O) groups excluding carboxylic acids is 1. The van der Waals surface area contributed by atoms with Gasteiger partial charge in [-0.1, -0.05) is 19.8 Å². The second kappa shape index (κ2) is 7.23. The number of unbranched alkanes of at least 4 members (excludes halogenated alkanes) is 1. The smallest absolute Gasteiger partial charge is 0.257 e. The molecule has 0 aliphatic rings. The summed E-state index contributed by atoms with van der Waals surface area (Å²) in [6.07, 6.45) is 2.12. The molecule has 7 heteroatoms. The van der Waals surface area contributed by atoms with E-state index in [1.807, 2.05) is 6.92 Å². The van der Waals surface area contributed by atoms with Crippen LogP contribution in [0.4, 0.5) is 17.6 Å². The van der Waals surface area contributed by atoms with Crippen LogP contribution in [0.1, 0.15) is 36.5 Å².